The highest BCUT2D eigenvalue weighted by atomic mass is 16.5. The van der Waals surface area contributed by atoms with E-state index in [1.165, 1.54) is 5.56 Å². The number of fused-ring (bicyclic) bond motifs is 1. The number of hydrogen-bond donors (Lipinski definition) is 2. The van der Waals surface area contributed by atoms with Gasteiger partial charge in [-0.25, -0.2) is 0 Å². The van der Waals surface area contributed by atoms with Gasteiger partial charge in [0.25, 0.3) is 0 Å². The van der Waals surface area contributed by atoms with Gasteiger partial charge in [-0.1, -0.05) is 18.2 Å². The van der Waals surface area contributed by atoms with Crippen LogP contribution in [-0.4, -0.2) is 24.9 Å². The molecule has 0 bridgehead atoms. The van der Waals surface area contributed by atoms with Crippen molar-refractivity contribution in [2.24, 2.45) is 0 Å². The number of ether oxygens (including phenoxy) is 1. The van der Waals surface area contributed by atoms with Gasteiger partial charge in [0.1, 0.15) is 12.4 Å². The van der Waals surface area contributed by atoms with Crippen LogP contribution in [0.4, 0.5) is 0 Å². The Balaban J connectivity index is 1.96. The normalized spacial score (nSPS) is 19.1. The third kappa shape index (κ3) is 1.89. The largest absolute Gasteiger partial charge is 0.491 e. The summed E-state index contributed by atoms with van der Waals surface area (Å²) in [6.45, 7) is 1.77. The van der Waals surface area contributed by atoms with Gasteiger partial charge in [-0.3, -0.25) is 0 Å². The molecule has 0 saturated heterocycles. The fourth-order valence-electron chi connectivity index (χ4n) is 1.69. The van der Waals surface area contributed by atoms with E-state index in [4.69, 9.17) is 9.84 Å². The molecule has 0 saturated carbocycles. The van der Waals surface area contributed by atoms with Gasteiger partial charge in [0, 0.05) is 12.2 Å². The molecule has 1 aromatic rings. The van der Waals surface area contributed by atoms with E-state index >= 15 is 0 Å². The van der Waals surface area contributed by atoms with E-state index in [9.17, 15) is 0 Å². The summed E-state index contributed by atoms with van der Waals surface area (Å²) in [7, 11) is 0. The van der Waals surface area contributed by atoms with Crippen molar-refractivity contribution < 1.29 is 9.84 Å². The minimum absolute atomic E-state index is 0.238. The molecule has 0 aromatic heterocycles. The monoisotopic (exact) mass is 193 g/mol. The van der Waals surface area contributed by atoms with Gasteiger partial charge in [0.15, 0.2) is 0 Å². The van der Waals surface area contributed by atoms with E-state index in [1.807, 2.05) is 18.2 Å². The highest BCUT2D eigenvalue weighted by Crippen LogP contribution is 2.31. The molecule has 2 N–H and O–H groups in total. The van der Waals surface area contributed by atoms with Crippen molar-refractivity contribution >= 4 is 0 Å². The second kappa shape index (κ2) is 4.44. The molecule has 76 valence electrons. The zero-order valence-corrected chi connectivity index (χ0v) is 8.07. The van der Waals surface area contributed by atoms with E-state index < -0.39 is 0 Å². The zero-order valence-electron chi connectivity index (χ0n) is 8.07. The third-order valence-electron chi connectivity index (χ3n) is 2.43. The first-order valence-corrected chi connectivity index (χ1v) is 4.98. The summed E-state index contributed by atoms with van der Waals surface area (Å²) in [5.74, 6) is 0.981. The Bertz CT molecular complexity index is 301. The van der Waals surface area contributed by atoms with E-state index in [1.54, 1.807) is 0 Å². The lowest BCUT2D eigenvalue weighted by molar-refractivity contribution is 0.274. The van der Waals surface area contributed by atoms with E-state index in [0.29, 0.717) is 6.61 Å². The lowest BCUT2D eigenvalue weighted by atomic mass is 10.1. The minimum atomic E-state index is 0.238. The van der Waals surface area contributed by atoms with Crippen LogP contribution in [0.5, 0.6) is 5.75 Å². The van der Waals surface area contributed by atoms with Crippen LogP contribution in [0.1, 0.15) is 18.0 Å². The Labute approximate surface area is 83.7 Å². The standard InChI is InChI=1S/C11H15NO2/c13-7-3-6-12-10-8-14-11-5-2-1-4-9(10)11/h1-2,4-5,10,12-13H,3,6-8H2. The van der Waals surface area contributed by atoms with Crippen LogP contribution in [0.2, 0.25) is 0 Å². The Kier molecular flexibility index (Phi) is 3.01. The second-order valence-electron chi connectivity index (χ2n) is 3.43. The maximum atomic E-state index is 8.66. The van der Waals surface area contributed by atoms with Crippen molar-refractivity contribution in [3.63, 3.8) is 0 Å². The van der Waals surface area contributed by atoms with Crippen LogP contribution in [0, 0.1) is 0 Å². The summed E-state index contributed by atoms with van der Waals surface area (Å²) in [6, 6.07) is 8.36. The van der Waals surface area contributed by atoms with E-state index in [2.05, 4.69) is 11.4 Å². The number of para-hydroxylation sites is 1. The van der Waals surface area contributed by atoms with Gasteiger partial charge in [-0.05, 0) is 19.0 Å². The molecule has 1 aromatic carbocycles. The summed E-state index contributed by atoms with van der Waals surface area (Å²) in [5, 5.41) is 12.0. The molecule has 1 aliphatic rings. The minimum Gasteiger partial charge on any atom is -0.491 e. The summed E-state index contributed by atoms with van der Waals surface area (Å²) in [4.78, 5) is 0. The predicted molar refractivity (Wildman–Crippen MR) is 54.4 cm³/mol. The van der Waals surface area contributed by atoms with Gasteiger partial charge in [-0.15, -0.1) is 0 Å². The fourth-order valence-corrected chi connectivity index (χ4v) is 1.69. The predicted octanol–water partition coefficient (Wildman–Crippen LogP) is 1.09. The Morgan fingerprint density at radius 1 is 1.43 bits per heavy atom. The van der Waals surface area contributed by atoms with E-state index in [-0.39, 0.29) is 12.6 Å². The molecule has 0 aliphatic carbocycles. The van der Waals surface area contributed by atoms with Crippen molar-refractivity contribution in [3.8, 4) is 5.75 Å². The molecular formula is C11H15NO2. The SMILES string of the molecule is OCCCNC1COc2ccccc21. The van der Waals surface area contributed by atoms with Crippen molar-refractivity contribution in [2.75, 3.05) is 19.8 Å². The molecule has 0 amide bonds. The quantitative estimate of drug-likeness (QED) is 0.703. The molecule has 3 heteroatoms. The first kappa shape index (κ1) is 9.49. The number of nitrogens with one attached hydrogen (secondary N) is 1. The van der Waals surface area contributed by atoms with Crippen LogP contribution in [-0.2, 0) is 0 Å². The van der Waals surface area contributed by atoms with Gasteiger partial charge in [0.2, 0.25) is 0 Å². The van der Waals surface area contributed by atoms with Crippen LogP contribution >= 0.6 is 0 Å². The molecule has 1 unspecified atom stereocenters. The molecule has 2 rings (SSSR count). The second-order valence-corrected chi connectivity index (χ2v) is 3.43. The maximum Gasteiger partial charge on any atom is 0.124 e. The van der Waals surface area contributed by atoms with Crippen molar-refractivity contribution in [3.05, 3.63) is 29.8 Å². The van der Waals surface area contributed by atoms with Crippen LogP contribution < -0.4 is 10.1 Å². The van der Waals surface area contributed by atoms with Crippen molar-refractivity contribution in [1.82, 2.24) is 5.32 Å². The van der Waals surface area contributed by atoms with Crippen LogP contribution in [0.25, 0.3) is 0 Å². The molecule has 0 fully saturated rings. The average molecular weight is 193 g/mol. The number of aliphatic hydroxyl groups is 1. The fraction of sp³-hybridized carbons (Fsp3) is 0.455. The summed E-state index contributed by atoms with van der Waals surface area (Å²) in [5.41, 5.74) is 1.23. The lowest BCUT2D eigenvalue weighted by Gasteiger charge is -2.10. The first-order chi connectivity index (χ1) is 6.92. The van der Waals surface area contributed by atoms with Gasteiger partial charge >= 0.3 is 0 Å². The van der Waals surface area contributed by atoms with Crippen molar-refractivity contribution in [1.29, 1.82) is 0 Å². The third-order valence-corrected chi connectivity index (χ3v) is 2.43. The number of rotatable bonds is 4. The van der Waals surface area contributed by atoms with Gasteiger partial charge in [0.05, 0.1) is 6.04 Å². The molecular weight excluding hydrogens is 178 g/mol. The van der Waals surface area contributed by atoms with Gasteiger partial charge in [-0.2, -0.15) is 0 Å². The average Bonchev–Trinajstić information content (AvgIpc) is 2.63. The molecule has 1 aliphatic heterocycles. The number of aliphatic hydroxyl groups excluding tert-OH is 1. The highest BCUT2D eigenvalue weighted by Gasteiger charge is 2.22. The lowest BCUT2D eigenvalue weighted by Crippen LogP contribution is -2.24. The number of benzene rings is 1. The summed E-state index contributed by atoms with van der Waals surface area (Å²) in [6.07, 6.45) is 0.790. The smallest absolute Gasteiger partial charge is 0.124 e. The molecule has 1 atom stereocenters. The molecule has 0 radical (unpaired) electrons. The van der Waals surface area contributed by atoms with Crippen LogP contribution in [0.3, 0.4) is 0 Å². The van der Waals surface area contributed by atoms with Gasteiger partial charge < -0.3 is 15.2 Å². The molecule has 3 nitrogen and oxygen atoms in total. The molecule has 14 heavy (non-hydrogen) atoms. The highest BCUT2D eigenvalue weighted by molar-refractivity contribution is 5.39. The zero-order chi connectivity index (χ0) is 9.80. The Hall–Kier alpha value is -1.06. The number of hydrogen-bond acceptors (Lipinski definition) is 3. The summed E-state index contributed by atoms with van der Waals surface area (Å²) < 4.78 is 5.52. The van der Waals surface area contributed by atoms with Crippen molar-refractivity contribution in [2.45, 2.75) is 12.5 Å². The topological polar surface area (TPSA) is 41.5 Å². The molecule has 1 heterocycles. The van der Waals surface area contributed by atoms with Crippen LogP contribution in [0.15, 0.2) is 24.3 Å². The van der Waals surface area contributed by atoms with E-state index in [0.717, 1.165) is 18.7 Å². The maximum absolute atomic E-state index is 8.66. The Morgan fingerprint density at radius 2 is 2.29 bits per heavy atom. The Morgan fingerprint density at radius 3 is 3.14 bits per heavy atom. The molecule has 0 spiro atoms. The summed E-state index contributed by atoms with van der Waals surface area (Å²) >= 11 is 0. The first-order valence-electron chi connectivity index (χ1n) is 4.98.